The molecule has 0 spiro atoms. The van der Waals surface area contributed by atoms with Gasteiger partial charge in [0.1, 0.15) is 0 Å². The molecule has 2 amide bonds. The van der Waals surface area contributed by atoms with E-state index in [0.717, 1.165) is 11.3 Å². The van der Waals surface area contributed by atoms with Crippen molar-refractivity contribution in [1.82, 2.24) is 0 Å². The van der Waals surface area contributed by atoms with Gasteiger partial charge in [0.25, 0.3) is 5.91 Å². The predicted octanol–water partition coefficient (Wildman–Crippen LogP) is 3.23. The number of benzene rings is 2. The van der Waals surface area contributed by atoms with Crippen LogP contribution >= 0.6 is 0 Å². The first-order valence-electron chi connectivity index (χ1n) is 6.70. The number of rotatable bonds is 3. The monoisotopic (exact) mass is 282 g/mol. The molecule has 0 saturated carbocycles. The second kappa shape index (κ2) is 6.22. The van der Waals surface area contributed by atoms with Crippen LogP contribution in [0.5, 0.6) is 0 Å². The SMILES string of the molecule is CC(=O)Nc1ccc(N(C)C(=O)c2cccc(C)c2)cc1. The highest BCUT2D eigenvalue weighted by molar-refractivity contribution is 6.06. The number of nitrogens with zero attached hydrogens (tertiary/aromatic N) is 1. The second-order valence-corrected chi connectivity index (χ2v) is 4.96. The lowest BCUT2D eigenvalue weighted by Crippen LogP contribution is -2.26. The topological polar surface area (TPSA) is 49.4 Å². The van der Waals surface area contributed by atoms with Crippen LogP contribution in [0.2, 0.25) is 0 Å². The lowest BCUT2D eigenvalue weighted by atomic mass is 10.1. The first-order chi connectivity index (χ1) is 9.97. The molecule has 2 aromatic carbocycles. The van der Waals surface area contributed by atoms with E-state index in [1.54, 1.807) is 42.3 Å². The molecule has 1 N–H and O–H groups in total. The first-order valence-corrected chi connectivity index (χ1v) is 6.70. The highest BCUT2D eigenvalue weighted by Gasteiger charge is 2.13. The summed E-state index contributed by atoms with van der Waals surface area (Å²) in [6, 6.07) is 14.7. The molecule has 0 aliphatic heterocycles. The summed E-state index contributed by atoms with van der Waals surface area (Å²) in [5, 5.41) is 2.70. The number of aryl methyl sites for hydroxylation is 1. The number of anilines is 2. The number of carbonyl (C=O) groups is 2. The first kappa shape index (κ1) is 14.8. The van der Waals surface area contributed by atoms with E-state index in [0.29, 0.717) is 11.3 Å². The Balaban J connectivity index is 2.17. The molecule has 0 radical (unpaired) electrons. The number of nitrogens with one attached hydrogen (secondary N) is 1. The highest BCUT2D eigenvalue weighted by atomic mass is 16.2. The van der Waals surface area contributed by atoms with E-state index in [1.807, 2.05) is 25.1 Å². The van der Waals surface area contributed by atoms with E-state index in [2.05, 4.69) is 5.32 Å². The van der Waals surface area contributed by atoms with Crippen molar-refractivity contribution in [3.8, 4) is 0 Å². The summed E-state index contributed by atoms with van der Waals surface area (Å²) in [6.07, 6.45) is 0. The van der Waals surface area contributed by atoms with Gasteiger partial charge < -0.3 is 10.2 Å². The summed E-state index contributed by atoms with van der Waals surface area (Å²) >= 11 is 0. The number of hydrogen-bond acceptors (Lipinski definition) is 2. The van der Waals surface area contributed by atoms with Crippen molar-refractivity contribution in [2.45, 2.75) is 13.8 Å². The summed E-state index contributed by atoms with van der Waals surface area (Å²) in [4.78, 5) is 25.0. The van der Waals surface area contributed by atoms with Crippen molar-refractivity contribution in [3.05, 3.63) is 59.7 Å². The average molecular weight is 282 g/mol. The van der Waals surface area contributed by atoms with Crippen LogP contribution in [0.1, 0.15) is 22.8 Å². The van der Waals surface area contributed by atoms with Crippen LogP contribution in [0.3, 0.4) is 0 Å². The van der Waals surface area contributed by atoms with Gasteiger partial charge in [-0.1, -0.05) is 17.7 Å². The number of hydrogen-bond donors (Lipinski definition) is 1. The maximum Gasteiger partial charge on any atom is 0.258 e. The highest BCUT2D eigenvalue weighted by Crippen LogP contribution is 2.19. The third-order valence-corrected chi connectivity index (χ3v) is 3.14. The van der Waals surface area contributed by atoms with Crippen LogP contribution in [-0.4, -0.2) is 18.9 Å². The van der Waals surface area contributed by atoms with Crippen LogP contribution in [0, 0.1) is 6.92 Å². The molecule has 0 aliphatic rings. The minimum atomic E-state index is -0.119. The fourth-order valence-electron chi connectivity index (χ4n) is 2.06. The van der Waals surface area contributed by atoms with Gasteiger partial charge in [0.05, 0.1) is 0 Å². The van der Waals surface area contributed by atoms with E-state index < -0.39 is 0 Å². The van der Waals surface area contributed by atoms with Crippen molar-refractivity contribution in [2.75, 3.05) is 17.3 Å². The van der Waals surface area contributed by atoms with E-state index in [4.69, 9.17) is 0 Å². The van der Waals surface area contributed by atoms with Gasteiger partial charge in [-0.25, -0.2) is 0 Å². The van der Waals surface area contributed by atoms with Crippen molar-refractivity contribution >= 4 is 23.2 Å². The molecule has 4 nitrogen and oxygen atoms in total. The maximum atomic E-state index is 12.4. The van der Waals surface area contributed by atoms with Crippen molar-refractivity contribution < 1.29 is 9.59 Å². The molecule has 21 heavy (non-hydrogen) atoms. The Bertz CT molecular complexity index is 663. The molecule has 0 saturated heterocycles. The van der Waals surface area contributed by atoms with Gasteiger partial charge >= 0.3 is 0 Å². The summed E-state index contributed by atoms with van der Waals surface area (Å²) in [7, 11) is 1.73. The summed E-state index contributed by atoms with van der Waals surface area (Å²) in [6.45, 7) is 3.42. The number of carbonyl (C=O) groups excluding carboxylic acids is 2. The van der Waals surface area contributed by atoms with Gasteiger partial charge in [-0.2, -0.15) is 0 Å². The van der Waals surface area contributed by atoms with Gasteiger partial charge in [-0.15, -0.1) is 0 Å². The van der Waals surface area contributed by atoms with Gasteiger partial charge in [0, 0.05) is 30.9 Å². The van der Waals surface area contributed by atoms with Crippen LogP contribution in [0.4, 0.5) is 11.4 Å². The Morgan fingerprint density at radius 2 is 1.71 bits per heavy atom. The standard InChI is InChI=1S/C17H18N2O2/c1-12-5-4-6-14(11-12)17(21)19(3)16-9-7-15(8-10-16)18-13(2)20/h4-11H,1-3H3,(H,18,20). The second-order valence-electron chi connectivity index (χ2n) is 4.96. The molecule has 0 unspecified atom stereocenters. The fraction of sp³-hybridized carbons (Fsp3) is 0.176. The number of amides is 2. The largest absolute Gasteiger partial charge is 0.326 e. The third kappa shape index (κ3) is 3.69. The van der Waals surface area contributed by atoms with Gasteiger partial charge in [-0.3, -0.25) is 9.59 Å². The van der Waals surface area contributed by atoms with Crippen molar-refractivity contribution in [2.24, 2.45) is 0 Å². The molecule has 0 bridgehead atoms. The molecule has 0 atom stereocenters. The maximum absolute atomic E-state index is 12.4. The van der Waals surface area contributed by atoms with E-state index in [9.17, 15) is 9.59 Å². The van der Waals surface area contributed by atoms with Gasteiger partial charge in [0.2, 0.25) is 5.91 Å². The molecule has 4 heteroatoms. The van der Waals surface area contributed by atoms with Crippen LogP contribution in [0.15, 0.2) is 48.5 Å². The van der Waals surface area contributed by atoms with Crippen molar-refractivity contribution in [3.63, 3.8) is 0 Å². The lowest BCUT2D eigenvalue weighted by Gasteiger charge is -2.18. The Kier molecular flexibility index (Phi) is 4.38. The Morgan fingerprint density at radius 3 is 2.29 bits per heavy atom. The Morgan fingerprint density at radius 1 is 1.05 bits per heavy atom. The van der Waals surface area contributed by atoms with E-state index in [-0.39, 0.29) is 11.8 Å². The zero-order chi connectivity index (χ0) is 15.4. The third-order valence-electron chi connectivity index (χ3n) is 3.14. The molecular formula is C17H18N2O2. The summed E-state index contributed by atoms with van der Waals surface area (Å²) in [5.74, 6) is -0.182. The zero-order valence-corrected chi connectivity index (χ0v) is 12.4. The average Bonchev–Trinajstić information content (AvgIpc) is 2.46. The van der Waals surface area contributed by atoms with Crippen molar-refractivity contribution in [1.29, 1.82) is 0 Å². The van der Waals surface area contributed by atoms with Crippen LogP contribution in [-0.2, 0) is 4.79 Å². The van der Waals surface area contributed by atoms with Crippen LogP contribution < -0.4 is 10.2 Å². The molecule has 0 aliphatic carbocycles. The minimum Gasteiger partial charge on any atom is -0.326 e. The Hall–Kier alpha value is -2.62. The molecule has 0 fully saturated rings. The molecule has 108 valence electrons. The minimum absolute atomic E-state index is 0.0639. The quantitative estimate of drug-likeness (QED) is 0.939. The summed E-state index contributed by atoms with van der Waals surface area (Å²) < 4.78 is 0. The van der Waals surface area contributed by atoms with Crippen LogP contribution in [0.25, 0.3) is 0 Å². The van der Waals surface area contributed by atoms with Gasteiger partial charge in [0.15, 0.2) is 0 Å². The lowest BCUT2D eigenvalue weighted by molar-refractivity contribution is -0.114. The smallest absolute Gasteiger partial charge is 0.258 e. The summed E-state index contributed by atoms with van der Waals surface area (Å²) in [5.41, 5.74) is 3.19. The predicted molar refractivity (Wildman–Crippen MR) is 84.7 cm³/mol. The Labute approximate surface area is 124 Å². The van der Waals surface area contributed by atoms with Gasteiger partial charge in [-0.05, 0) is 43.3 Å². The fourth-order valence-corrected chi connectivity index (χ4v) is 2.06. The molecule has 2 aromatic rings. The molecule has 0 aromatic heterocycles. The molecular weight excluding hydrogens is 264 g/mol. The normalized spacial score (nSPS) is 10.0. The molecule has 2 rings (SSSR count). The molecule has 0 heterocycles. The zero-order valence-electron chi connectivity index (χ0n) is 12.4. The van der Waals surface area contributed by atoms with E-state index >= 15 is 0 Å². The van der Waals surface area contributed by atoms with E-state index in [1.165, 1.54) is 6.92 Å².